The van der Waals surface area contributed by atoms with Gasteiger partial charge in [-0.25, -0.2) is 0 Å². The standard InChI is InChI=1S/C8H11NO2/c1-6-2-3-10-8(6)11-7-4-9-5-7/h2-3,7,9H,4-5H2,1H3. The lowest BCUT2D eigenvalue weighted by Gasteiger charge is -2.26. The summed E-state index contributed by atoms with van der Waals surface area (Å²) in [6, 6.07) is 1.90. The third-order valence-corrected chi connectivity index (χ3v) is 1.83. The molecule has 3 heteroatoms. The number of aryl methyl sites for hydroxylation is 1. The first-order valence-corrected chi connectivity index (χ1v) is 3.78. The molecule has 0 bridgehead atoms. The zero-order valence-electron chi connectivity index (χ0n) is 6.46. The number of hydrogen-bond donors (Lipinski definition) is 1. The molecule has 0 saturated carbocycles. The highest BCUT2D eigenvalue weighted by molar-refractivity contribution is 5.20. The Morgan fingerprint density at radius 3 is 2.91 bits per heavy atom. The summed E-state index contributed by atoms with van der Waals surface area (Å²) in [5.74, 6) is 0.663. The first kappa shape index (κ1) is 6.73. The summed E-state index contributed by atoms with van der Waals surface area (Å²) < 4.78 is 10.6. The molecule has 1 aromatic heterocycles. The van der Waals surface area contributed by atoms with Gasteiger partial charge >= 0.3 is 0 Å². The van der Waals surface area contributed by atoms with Gasteiger partial charge < -0.3 is 14.5 Å². The molecule has 0 amide bonds. The Morgan fingerprint density at radius 2 is 2.45 bits per heavy atom. The zero-order valence-corrected chi connectivity index (χ0v) is 6.46. The Balaban J connectivity index is 1.99. The highest BCUT2D eigenvalue weighted by atomic mass is 16.6. The number of ether oxygens (including phenoxy) is 1. The van der Waals surface area contributed by atoms with Crippen LogP contribution >= 0.6 is 0 Å². The molecule has 11 heavy (non-hydrogen) atoms. The average Bonchev–Trinajstić information content (AvgIpc) is 2.27. The first-order valence-electron chi connectivity index (χ1n) is 3.78. The number of rotatable bonds is 2. The molecule has 0 aromatic carbocycles. The quantitative estimate of drug-likeness (QED) is 0.686. The first-order chi connectivity index (χ1) is 5.36. The molecule has 0 radical (unpaired) electrons. The Bertz CT molecular complexity index is 240. The monoisotopic (exact) mass is 153 g/mol. The molecule has 1 aliphatic rings. The van der Waals surface area contributed by atoms with E-state index in [1.165, 1.54) is 0 Å². The summed E-state index contributed by atoms with van der Waals surface area (Å²) in [6.07, 6.45) is 1.95. The van der Waals surface area contributed by atoms with Gasteiger partial charge in [-0.1, -0.05) is 0 Å². The second-order valence-corrected chi connectivity index (χ2v) is 2.79. The molecule has 1 aliphatic heterocycles. The molecule has 0 spiro atoms. The smallest absolute Gasteiger partial charge is 0.287 e. The van der Waals surface area contributed by atoms with E-state index in [0.29, 0.717) is 12.1 Å². The molecule has 2 heterocycles. The minimum atomic E-state index is 0.305. The van der Waals surface area contributed by atoms with Crippen LogP contribution in [0, 0.1) is 6.92 Å². The maximum Gasteiger partial charge on any atom is 0.287 e. The third kappa shape index (κ3) is 1.24. The van der Waals surface area contributed by atoms with Crippen LogP contribution in [0.4, 0.5) is 0 Å². The minimum absolute atomic E-state index is 0.305. The highest BCUT2D eigenvalue weighted by Gasteiger charge is 2.20. The molecule has 0 atom stereocenters. The van der Waals surface area contributed by atoms with E-state index >= 15 is 0 Å². The normalized spacial score (nSPS) is 17.9. The van der Waals surface area contributed by atoms with Crippen LogP contribution in [-0.2, 0) is 0 Å². The SMILES string of the molecule is Cc1ccoc1OC1CNC1. The van der Waals surface area contributed by atoms with Gasteiger partial charge in [0, 0.05) is 18.7 Å². The van der Waals surface area contributed by atoms with E-state index in [1.54, 1.807) is 6.26 Å². The molecule has 0 unspecified atom stereocenters. The van der Waals surface area contributed by atoms with Crippen molar-refractivity contribution in [1.29, 1.82) is 0 Å². The largest absolute Gasteiger partial charge is 0.459 e. The van der Waals surface area contributed by atoms with E-state index in [2.05, 4.69) is 5.32 Å². The topological polar surface area (TPSA) is 34.4 Å². The van der Waals surface area contributed by atoms with E-state index in [1.807, 2.05) is 13.0 Å². The number of hydrogen-bond acceptors (Lipinski definition) is 3. The molecule has 1 aromatic rings. The lowest BCUT2D eigenvalue weighted by Crippen LogP contribution is -2.50. The molecular formula is C8H11NO2. The zero-order chi connectivity index (χ0) is 7.68. The van der Waals surface area contributed by atoms with Crippen LogP contribution in [0.5, 0.6) is 5.95 Å². The van der Waals surface area contributed by atoms with Crippen molar-refractivity contribution in [2.75, 3.05) is 13.1 Å². The lowest BCUT2D eigenvalue weighted by molar-refractivity contribution is 0.108. The summed E-state index contributed by atoms with van der Waals surface area (Å²) in [4.78, 5) is 0. The van der Waals surface area contributed by atoms with Gasteiger partial charge in [-0.3, -0.25) is 0 Å². The fraction of sp³-hybridized carbons (Fsp3) is 0.500. The van der Waals surface area contributed by atoms with E-state index in [9.17, 15) is 0 Å². The second-order valence-electron chi connectivity index (χ2n) is 2.79. The van der Waals surface area contributed by atoms with Crippen LogP contribution in [0.3, 0.4) is 0 Å². The third-order valence-electron chi connectivity index (χ3n) is 1.83. The molecular weight excluding hydrogens is 142 g/mol. The maximum absolute atomic E-state index is 5.49. The van der Waals surface area contributed by atoms with Gasteiger partial charge in [-0.15, -0.1) is 0 Å². The van der Waals surface area contributed by atoms with Crippen molar-refractivity contribution < 1.29 is 9.15 Å². The van der Waals surface area contributed by atoms with Gasteiger partial charge in [0.25, 0.3) is 5.95 Å². The lowest BCUT2D eigenvalue weighted by atomic mass is 10.2. The van der Waals surface area contributed by atoms with Crippen molar-refractivity contribution in [2.45, 2.75) is 13.0 Å². The van der Waals surface area contributed by atoms with Gasteiger partial charge in [0.05, 0.1) is 6.26 Å². The van der Waals surface area contributed by atoms with E-state index < -0.39 is 0 Å². The molecule has 0 aliphatic carbocycles. The van der Waals surface area contributed by atoms with Crippen LogP contribution in [0.25, 0.3) is 0 Å². The van der Waals surface area contributed by atoms with Gasteiger partial charge in [0.15, 0.2) is 0 Å². The Morgan fingerprint density at radius 1 is 1.64 bits per heavy atom. The Hall–Kier alpha value is -0.960. The van der Waals surface area contributed by atoms with Crippen LogP contribution in [-0.4, -0.2) is 19.2 Å². The number of furan rings is 1. The second kappa shape index (κ2) is 2.58. The van der Waals surface area contributed by atoms with Crippen molar-refractivity contribution >= 4 is 0 Å². The van der Waals surface area contributed by atoms with Gasteiger partial charge in [0.2, 0.25) is 0 Å². The average molecular weight is 153 g/mol. The summed E-state index contributed by atoms with van der Waals surface area (Å²) in [5.41, 5.74) is 1.07. The molecule has 1 saturated heterocycles. The highest BCUT2D eigenvalue weighted by Crippen LogP contribution is 2.20. The van der Waals surface area contributed by atoms with E-state index in [4.69, 9.17) is 9.15 Å². The molecule has 1 fully saturated rings. The van der Waals surface area contributed by atoms with Crippen molar-refractivity contribution in [2.24, 2.45) is 0 Å². The summed E-state index contributed by atoms with van der Waals surface area (Å²) in [6.45, 7) is 3.84. The molecule has 1 N–H and O–H groups in total. The maximum atomic E-state index is 5.49. The van der Waals surface area contributed by atoms with E-state index in [-0.39, 0.29) is 0 Å². The summed E-state index contributed by atoms with van der Waals surface area (Å²) in [7, 11) is 0. The predicted molar refractivity (Wildman–Crippen MR) is 40.7 cm³/mol. The summed E-state index contributed by atoms with van der Waals surface area (Å²) in [5, 5.41) is 3.13. The van der Waals surface area contributed by atoms with Crippen LogP contribution in [0.2, 0.25) is 0 Å². The van der Waals surface area contributed by atoms with Crippen molar-refractivity contribution in [3.63, 3.8) is 0 Å². The molecule has 3 nitrogen and oxygen atoms in total. The van der Waals surface area contributed by atoms with Crippen molar-refractivity contribution in [1.82, 2.24) is 5.32 Å². The summed E-state index contributed by atoms with van der Waals surface area (Å²) >= 11 is 0. The predicted octanol–water partition coefficient (Wildman–Crippen LogP) is 0.939. The molecule has 2 rings (SSSR count). The van der Waals surface area contributed by atoms with Gasteiger partial charge in [-0.05, 0) is 13.0 Å². The Kier molecular flexibility index (Phi) is 1.58. The van der Waals surface area contributed by atoms with Crippen molar-refractivity contribution in [3.05, 3.63) is 17.9 Å². The van der Waals surface area contributed by atoms with Gasteiger partial charge in [-0.2, -0.15) is 0 Å². The molecule has 60 valence electrons. The van der Waals surface area contributed by atoms with E-state index in [0.717, 1.165) is 18.7 Å². The minimum Gasteiger partial charge on any atom is -0.459 e. The van der Waals surface area contributed by atoms with Crippen LogP contribution < -0.4 is 10.1 Å². The fourth-order valence-electron chi connectivity index (χ4n) is 0.976. The van der Waals surface area contributed by atoms with Crippen LogP contribution in [0.1, 0.15) is 5.56 Å². The fourth-order valence-corrected chi connectivity index (χ4v) is 0.976. The van der Waals surface area contributed by atoms with Gasteiger partial charge in [0.1, 0.15) is 6.10 Å². The van der Waals surface area contributed by atoms with Crippen LogP contribution in [0.15, 0.2) is 16.7 Å². The number of nitrogens with one attached hydrogen (secondary N) is 1. The van der Waals surface area contributed by atoms with Crippen molar-refractivity contribution in [3.8, 4) is 5.95 Å². The Labute approximate surface area is 65.3 Å².